The van der Waals surface area contributed by atoms with E-state index in [1.807, 2.05) is 77.7 Å². The number of carbonyl (C=O) groups excluding carboxylic acids is 1. The summed E-state index contributed by atoms with van der Waals surface area (Å²) >= 11 is 0. The van der Waals surface area contributed by atoms with Gasteiger partial charge in [0.15, 0.2) is 0 Å². The summed E-state index contributed by atoms with van der Waals surface area (Å²) in [6.07, 6.45) is 3.51. The second-order valence-corrected chi connectivity index (χ2v) is 9.14. The minimum Gasteiger partial charge on any atom is -0.494 e. The fourth-order valence-corrected chi connectivity index (χ4v) is 4.55. The number of hydrogen-bond donors (Lipinski definition) is 0. The van der Waals surface area contributed by atoms with Crippen molar-refractivity contribution < 1.29 is 14.3 Å². The van der Waals surface area contributed by atoms with Gasteiger partial charge in [-0.1, -0.05) is 54.6 Å². The van der Waals surface area contributed by atoms with E-state index in [1.165, 1.54) is 0 Å². The Morgan fingerprint density at radius 3 is 2.43 bits per heavy atom. The molecule has 0 spiro atoms. The van der Waals surface area contributed by atoms with E-state index in [1.54, 1.807) is 13.2 Å². The molecule has 0 saturated carbocycles. The number of benzene rings is 3. The first-order chi connectivity index (χ1) is 18.1. The van der Waals surface area contributed by atoms with Crippen LogP contribution in [0.15, 0.2) is 84.9 Å². The summed E-state index contributed by atoms with van der Waals surface area (Å²) in [5.74, 6) is 2.52. The van der Waals surface area contributed by atoms with E-state index < -0.39 is 0 Å². The summed E-state index contributed by atoms with van der Waals surface area (Å²) in [5, 5.41) is 1.10. The maximum atomic E-state index is 12.8. The molecular formula is C31H31N3O3. The van der Waals surface area contributed by atoms with Gasteiger partial charge in [-0.2, -0.15) is 0 Å². The summed E-state index contributed by atoms with van der Waals surface area (Å²) in [5.41, 5.74) is 4.13. The Hall–Kier alpha value is -4.32. The molecule has 0 unspecified atom stereocenters. The van der Waals surface area contributed by atoms with E-state index in [0.717, 1.165) is 58.0 Å². The van der Waals surface area contributed by atoms with Gasteiger partial charge in [0, 0.05) is 37.6 Å². The van der Waals surface area contributed by atoms with Crippen molar-refractivity contribution in [3.8, 4) is 11.5 Å². The number of hydrogen-bond acceptors (Lipinski definition) is 5. The van der Waals surface area contributed by atoms with Crippen molar-refractivity contribution in [3.63, 3.8) is 0 Å². The van der Waals surface area contributed by atoms with E-state index >= 15 is 0 Å². The second kappa shape index (κ2) is 11.2. The standard InChI is InChI=1S/C31H31N3O3/c1-23-21-29(32-31-27(23)9-6-10-28(31)36-2)33-17-19-34(20-18-33)30(35)16-13-24-11-14-26(15-12-24)37-22-25-7-4-3-5-8-25/h3-16,21H,17-20,22H2,1-2H3/b16-13+. The lowest BCUT2D eigenvalue weighted by Gasteiger charge is -2.35. The first-order valence-electron chi connectivity index (χ1n) is 12.5. The lowest BCUT2D eigenvalue weighted by molar-refractivity contribution is -0.126. The van der Waals surface area contributed by atoms with Crippen molar-refractivity contribution in [2.24, 2.45) is 0 Å². The Labute approximate surface area is 217 Å². The average Bonchev–Trinajstić information content (AvgIpc) is 2.95. The van der Waals surface area contributed by atoms with Crippen LogP contribution < -0.4 is 14.4 Å². The van der Waals surface area contributed by atoms with Crippen LogP contribution in [0.3, 0.4) is 0 Å². The molecule has 1 fully saturated rings. The fourth-order valence-electron chi connectivity index (χ4n) is 4.55. The van der Waals surface area contributed by atoms with Gasteiger partial charge in [-0.25, -0.2) is 4.98 Å². The van der Waals surface area contributed by atoms with Crippen molar-refractivity contribution >= 4 is 28.7 Å². The number of aromatic nitrogens is 1. The third-order valence-corrected chi connectivity index (χ3v) is 6.68. The molecule has 0 bridgehead atoms. The number of carbonyl (C=O) groups is 1. The molecule has 1 aliphatic rings. The van der Waals surface area contributed by atoms with Crippen LogP contribution in [0.2, 0.25) is 0 Å². The summed E-state index contributed by atoms with van der Waals surface area (Å²) < 4.78 is 11.4. The number of pyridine rings is 1. The Balaban J connectivity index is 1.16. The van der Waals surface area contributed by atoms with Gasteiger partial charge in [0.2, 0.25) is 5.91 Å². The largest absolute Gasteiger partial charge is 0.494 e. The molecule has 5 rings (SSSR count). The van der Waals surface area contributed by atoms with Crippen molar-refractivity contribution in [3.05, 3.63) is 102 Å². The van der Waals surface area contributed by atoms with Gasteiger partial charge in [-0.05, 0) is 54.0 Å². The highest BCUT2D eigenvalue weighted by Gasteiger charge is 2.21. The molecule has 1 aromatic heterocycles. The molecule has 0 atom stereocenters. The number of rotatable bonds is 7. The van der Waals surface area contributed by atoms with Gasteiger partial charge in [0.05, 0.1) is 7.11 Å². The maximum absolute atomic E-state index is 12.8. The molecule has 4 aromatic rings. The highest BCUT2D eigenvalue weighted by atomic mass is 16.5. The number of amides is 1. The molecule has 1 aliphatic heterocycles. The molecule has 1 saturated heterocycles. The number of anilines is 1. The Bertz CT molecular complexity index is 1390. The quantitative estimate of drug-likeness (QED) is 0.319. The van der Waals surface area contributed by atoms with Crippen LogP contribution in [-0.2, 0) is 11.4 Å². The van der Waals surface area contributed by atoms with E-state index in [9.17, 15) is 4.79 Å². The van der Waals surface area contributed by atoms with Gasteiger partial charge in [0.1, 0.15) is 29.4 Å². The second-order valence-electron chi connectivity index (χ2n) is 9.14. The number of fused-ring (bicyclic) bond motifs is 1. The topological polar surface area (TPSA) is 54.9 Å². The van der Waals surface area contributed by atoms with Crippen LogP contribution in [0.5, 0.6) is 11.5 Å². The summed E-state index contributed by atoms with van der Waals surface area (Å²) in [6, 6.07) is 26.0. The van der Waals surface area contributed by atoms with Crippen molar-refractivity contribution in [2.75, 3.05) is 38.2 Å². The van der Waals surface area contributed by atoms with E-state index in [-0.39, 0.29) is 5.91 Å². The molecule has 1 amide bonds. The molecule has 6 heteroatoms. The third-order valence-electron chi connectivity index (χ3n) is 6.68. The molecule has 188 valence electrons. The van der Waals surface area contributed by atoms with Gasteiger partial charge in [-0.15, -0.1) is 0 Å². The first-order valence-corrected chi connectivity index (χ1v) is 12.5. The third kappa shape index (κ3) is 5.75. The summed E-state index contributed by atoms with van der Waals surface area (Å²) in [7, 11) is 1.67. The van der Waals surface area contributed by atoms with E-state index in [2.05, 4.69) is 24.0 Å². The summed E-state index contributed by atoms with van der Waals surface area (Å²) in [4.78, 5) is 21.8. The summed E-state index contributed by atoms with van der Waals surface area (Å²) in [6.45, 7) is 5.41. The molecule has 0 aliphatic carbocycles. The van der Waals surface area contributed by atoms with E-state index in [4.69, 9.17) is 14.5 Å². The maximum Gasteiger partial charge on any atom is 0.246 e. The zero-order chi connectivity index (χ0) is 25.6. The minimum atomic E-state index is 0.0216. The van der Waals surface area contributed by atoms with Crippen LogP contribution in [0, 0.1) is 6.92 Å². The van der Waals surface area contributed by atoms with Crippen LogP contribution >= 0.6 is 0 Å². The zero-order valence-corrected chi connectivity index (χ0v) is 21.3. The first kappa shape index (κ1) is 24.4. The van der Waals surface area contributed by atoms with Gasteiger partial charge >= 0.3 is 0 Å². The fraction of sp³-hybridized carbons (Fsp3) is 0.226. The predicted octanol–water partition coefficient (Wildman–Crippen LogP) is 5.49. The lowest BCUT2D eigenvalue weighted by atomic mass is 10.1. The van der Waals surface area contributed by atoms with Crippen molar-refractivity contribution in [1.82, 2.24) is 9.88 Å². The monoisotopic (exact) mass is 493 g/mol. The Kier molecular flexibility index (Phi) is 7.36. The van der Waals surface area contributed by atoms with Crippen LogP contribution in [0.4, 0.5) is 5.82 Å². The average molecular weight is 494 g/mol. The normalized spacial score (nSPS) is 13.8. The molecule has 6 nitrogen and oxygen atoms in total. The zero-order valence-electron chi connectivity index (χ0n) is 21.3. The number of aryl methyl sites for hydroxylation is 1. The number of ether oxygens (including phenoxy) is 2. The highest BCUT2D eigenvalue weighted by molar-refractivity contribution is 5.92. The Morgan fingerprint density at radius 2 is 1.70 bits per heavy atom. The van der Waals surface area contributed by atoms with Gasteiger partial charge < -0.3 is 19.3 Å². The molecule has 37 heavy (non-hydrogen) atoms. The smallest absolute Gasteiger partial charge is 0.246 e. The van der Waals surface area contributed by atoms with Gasteiger partial charge in [-0.3, -0.25) is 4.79 Å². The Morgan fingerprint density at radius 1 is 0.946 bits per heavy atom. The van der Waals surface area contributed by atoms with Crippen LogP contribution in [0.25, 0.3) is 17.0 Å². The number of nitrogens with zero attached hydrogens (tertiary/aromatic N) is 3. The predicted molar refractivity (Wildman–Crippen MR) is 148 cm³/mol. The lowest BCUT2D eigenvalue weighted by Crippen LogP contribution is -2.48. The van der Waals surface area contributed by atoms with Crippen molar-refractivity contribution in [1.29, 1.82) is 0 Å². The van der Waals surface area contributed by atoms with Crippen molar-refractivity contribution in [2.45, 2.75) is 13.5 Å². The number of methoxy groups -OCH3 is 1. The highest BCUT2D eigenvalue weighted by Crippen LogP contribution is 2.29. The molecule has 2 heterocycles. The van der Waals surface area contributed by atoms with Crippen LogP contribution in [-0.4, -0.2) is 49.1 Å². The van der Waals surface area contributed by atoms with E-state index in [0.29, 0.717) is 19.7 Å². The van der Waals surface area contributed by atoms with Gasteiger partial charge in [0.25, 0.3) is 0 Å². The number of piperazine rings is 1. The molecule has 3 aromatic carbocycles. The van der Waals surface area contributed by atoms with Crippen LogP contribution in [0.1, 0.15) is 16.7 Å². The molecule has 0 radical (unpaired) electrons. The minimum absolute atomic E-state index is 0.0216. The SMILES string of the molecule is COc1cccc2c(C)cc(N3CCN(C(=O)/C=C/c4ccc(OCc5ccccc5)cc4)CC3)nc12. The number of para-hydroxylation sites is 1. The molecular weight excluding hydrogens is 462 g/mol. The molecule has 0 N–H and O–H groups in total.